The summed E-state index contributed by atoms with van der Waals surface area (Å²) in [6.45, 7) is 2.00. The molecule has 1 aliphatic carbocycles. The maximum Gasteiger partial charge on any atom is 0.376 e. The molecule has 0 unspecified atom stereocenters. The monoisotopic (exact) mass is 424 g/mol. The Balaban J connectivity index is 1.76. The molecule has 2 aromatic rings. The minimum Gasteiger partial charge on any atom is -0.460 e. The highest BCUT2D eigenvalue weighted by Crippen LogP contribution is 2.53. The second-order valence-corrected chi connectivity index (χ2v) is 8.03. The molecule has 1 N–H and O–H groups in total. The first kappa shape index (κ1) is 18.9. The third kappa shape index (κ3) is 2.61. The lowest BCUT2D eigenvalue weighted by molar-refractivity contribution is -0.135. The van der Waals surface area contributed by atoms with E-state index in [4.69, 9.17) is 21.4 Å². The van der Waals surface area contributed by atoms with Gasteiger partial charge in [-0.1, -0.05) is 23.7 Å². The highest BCUT2D eigenvalue weighted by molar-refractivity contribution is 6.43. The Kier molecular flexibility index (Phi) is 4.43. The Hall–Kier alpha value is -3.06. The molecule has 2 aliphatic heterocycles. The number of nitrogens with zero attached hydrogens (tertiary/aromatic N) is 3. The van der Waals surface area contributed by atoms with Crippen LogP contribution in [0.25, 0.3) is 0 Å². The van der Waals surface area contributed by atoms with Gasteiger partial charge in [-0.15, -0.1) is 5.10 Å². The molecule has 1 amide bonds. The predicted molar refractivity (Wildman–Crippen MR) is 116 cm³/mol. The second-order valence-electron chi connectivity index (χ2n) is 7.60. The number of esters is 1. The first-order valence-corrected chi connectivity index (χ1v) is 10.5. The van der Waals surface area contributed by atoms with Gasteiger partial charge in [0.2, 0.25) is 11.7 Å². The van der Waals surface area contributed by atoms with Crippen molar-refractivity contribution < 1.29 is 14.3 Å². The minimum absolute atomic E-state index is 0.0678. The lowest BCUT2D eigenvalue weighted by Crippen LogP contribution is -2.61. The van der Waals surface area contributed by atoms with Crippen LogP contribution in [-0.4, -0.2) is 30.0 Å². The van der Waals surface area contributed by atoms with E-state index in [0.717, 1.165) is 17.8 Å². The Morgan fingerprint density at radius 1 is 1.27 bits per heavy atom. The topological polar surface area (TPSA) is 74.2 Å². The summed E-state index contributed by atoms with van der Waals surface area (Å²) in [7, 11) is 0. The van der Waals surface area contributed by atoms with Crippen molar-refractivity contribution in [2.45, 2.75) is 31.8 Å². The number of hydrazone groups is 1. The summed E-state index contributed by atoms with van der Waals surface area (Å²) in [5.74, 6) is -0.774. The van der Waals surface area contributed by atoms with Crippen molar-refractivity contribution in [1.82, 2.24) is 0 Å². The molecule has 1 spiro atoms. The molecule has 30 heavy (non-hydrogen) atoms. The minimum atomic E-state index is -0.827. The summed E-state index contributed by atoms with van der Waals surface area (Å²) >= 11 is 6.10. The Morgan fingerprint density at radius 2 is 2.03 bits per heavy atom. The number of carbonyl (C=O) groups excluding carboxylic acids is 2. The summed E-state index contributed by atoms with van der Waals surface area (Å²) in [6, 6.07) is 14.8. The van der Waals surface area contributed by atoms with Gasteiger partial charge in [-0.25, -0.2) is 9.80 Å². The normalized spacial score (nSPS) is 24.4. The van der Waals surface area contributed by atoms with E-state index in [-0.39, 0.29) is 24.3 Å². The number of amides is 1. The Morgan fingerprint density at radius 3 is 2.80 bits per heavy atom. The highest BCUT2D eigenvalue weighted by Gasteiger charge is 2.62. The van der Waals surface area contributed by atoms with Crippen LogP contribution >= 0.6 is 11.6 Å². The number of nitrogens with one attached hydrogen (secondary N) is 1. The van der Waals surface area contributed by atoms with Crippen molar-refractivity contribution in [3.8, 4) is 0 Å². The van der Waals surface area contributed by atoms with Gasteiger partial charge in [0, 0.05) is 5.02 Å². The molecular weight excluding hydrogens is 404 g/mol. The van der Waals surface area contributed by atoms with Crippen molar-refractivity contribution in [1.29, 1.82) is 0 Å². The van der Waals surface area contributed by atoms with Gasteiger partial charge in [0.1, 0.15) is 0 Å². The average molecular weight is 425 g/mol. The molecule has 2 heterocycles. The standard InChI is InChI=1S/C22H21ClN4O3/c1-2-30-21(29)19-25-27(15-11-9-14(23)10-12-15)22-13-5-6-16(22)20(28)24-17-7-3-4-8-18(17)26(19)22/h3-4,7-12,16H,2,5-6,13H2,1H3,(H,24,28)/t16-,22-/m0/s1. The molecule has 1 fully saturated rings. The number of para-hydroxylation sites is 2. The maximum atomic E-state index is 13.3. The van der Waals surface area contributed by atoms with Gasteiger partial charge in [-0.3, -0.25) is 9.69 Å². The SMILES string of the molecule is CCOC(=O)C1=NN(c2ccc(Cl)cc2)[C@@]23CCC[C@H]2C(=O)Nc2ccccc2N13. The van der Waals surface area contributed by atoms with Gasteiger partial charge in [0.15, 0.2) is 5.66 Å². The molecule has 2 aromatic carbocycles. The summed E-state index contributed by atoms with van der Waals surface area (Å²) < 4.78 is 5.34. The van der Waals surface area contributed by atoms with Crippen LogP contribution < -0.4 is 15.2 Å². The Labute approximate surface area is 179 Å². The molecule has 5 rings (SSSR count). The van der Waals surface area contributed by atoms with Gasteiger partial charge < -0.3 is 10.1 Å². The van der Waals surface area contributed by atoms with E-state index in [1.165, 1.54) is 0 Å². The zero-order valence-corrected chi connectivity index (χ0v) is 17.2. The number of halogens is 1. The molecule has 1 saturated carbocycles. The maximum absolute atomic E-state index is 13.3. The van der Waals surface area contributed by atoms with E-state index >= 15 is 0 Å². The first-order chi connectivity index (χ1) is 14.6. The van der Waals surface area contributed by atoms with E-state index < -0.39 is 11.6 Å². The fourth-order valence-electron chi connectivity index (χ4n) is 4.85. The molecule has 8 heteroatoms. The quantitative estimate of drug-likeness (QED) is 0.754. The van der Waals surface area contributed by atoms with Crippen LogP contribution in [0.3, 0.4) is 0 Å². The van der Waals surface area contributed by atoms with Crippen molar-refractivity contribution in [2.24, 2.45) is 11.0 Å². The lowest BCUT2D eigenvalue weighted by Gasteiger charge is -2.43. The number of benzene rings is 2. The number of fused-ring (bicyclic) bond motifs is 2. The second kappa shape index (κ2) is 7.02. The van der Waals surface area contributed by atoms with Crippen molar-refractivity contribution in [3.05, 3.63) is 53.6 Å². The fraction of sp³-hybridized carbons (Fsp3) is 0.318. The van der Waals surface area contributed by atoms with Gasteiger partial charge in [0.05, 0.1) is 29.6 Å². The molecular formula is C22H21ClN4O3. The molecule has 0 saturated heterocycles. The van der Waals surface area contributed by atoms with Crippen LogP contribution in [0.1, 0.15) is 26.2 Å². The van der Waals surface area contributed by atoms with E-state index in [1.54, 1.807) is 19.1 Å². The number of hydrogen-bond donors (Lipinski definition) is 1. The Bertz CT molecular complexity index is 1050. The summed E-state index contributed by atoms with van der Waals surface area (Å²) in [5, 5.41) is 10.2. The third-order valence-electron chi connectivity index (χ3n) is 6.00. The fourth-order valence-corrected chi connectivity index (χ4v) is 4.97. The van der Waals surface area contributed by atoms with Gasteiger partial charge in [0.25, 0.3) is 0 Å². The smallest absolute Gasteiger partial charge is 0.376 e. The van der Waals surface area contributed by atoms with Gasteiger partial charge >= 0.3 is 5.97 Å². The summed E-state index contributed by atoms with van der Waals surface area (Å²) in [5.41, 5.74) is 1.33. The molecule has 0 bridgehead atoms. The number of rotatable bonds is 3. The van der Waals surface area contributed by atoms with Crippen LogP contribution in [0.4, 0.5) is 17.1 Å². The number of ether oxygens (including phenoxy) is 1. The molecule has 2 atom stereocenters. The van der Waals surface area contributed by atoms with Crippen molar-refractivity contribution in [2.75, 3.05) is 21.8 Å². The average Bonchev–Trinajstić information content (AvgIpc) is 3.30. The lowest BCUT2D eigenvalue weighted by atomic mass is 9.92. The van der Waals surface area contributed by atoms with Gasteiger partial charge in [-0.05, 0) is 62.6 Å². The van der Waals surface area contributed by atoms with Crippen LogP contribution in [0.2, 0.25) is 5.02 Å². The highest BCUT2D eigenvalue weighted by atomic mass is 35.5. The predicted octanol–water partition coefficient (Wildman–Crippen LogP) is 3.99. The van der Waals surface area contributed by atoms with Crippen molar-refractivity contribution >= 4 is 46.4 Å². The van der Waals surface area contributed by atoms with Crippen LogP contribution in [0, 0.1) is 5.92 Å². The van der Waals surface area contributed by atoms with Gasteiger partial charge in [-0.2, -0.15) is 0 Å². The van der Waals surface area contributed by atoms with E-state index in [1.807, 2.05) is 46.3 Å². The van der Waals surface area contributed by atoms with Crippen LogP contribution in [-0.2, 0) is 14.3 Å². The first-order valence-electron chi connectivity index (χ1n) is 10.1. The largest absolute Gasteiger partial charge is 0.460 e. The van der Waals surface area contributed by atoms with E-state index in [9.17, 15) is 9.59 Å². The third-order valence-corrected chi connectivity index (χ3v) is 6.26. The summed E-state index contributed by atoms with van der Waals surface area (Å²) in [4.78, 5) is 28.2. The van der Waals surface area contributed by atoms with Crippen molar-refractivity contribution in [3.63, 3.8) is 0 Å². The molecule has 0 aromatic heterocycles. The molecule has 154 valence electrons. The summed E-state index contributed by atoms with van der Waals surface area (Å²) in [6.07, 6.45) is 2.22. The number of hydrogen-bond acceptors (Lipinski definition) is 6. The molecule has 0 radical (unpaired) electrons. The number of carbonyl (C=O) groups is 2. The molecule has 3 aliphatic rings. The zero-order chi connectivity index (χ0) is 20.9. The van der Waals surface area contributed by atoms with Crippen LogP contribution in [0.15, 0.2) is 53.6 Å². The molecule has 7 nitrogen and oxygen atoms in total. The number of amidine groups is 1. The van der Waals surface area contributed by atoms with E-state index in [2.05, 4.69) is 5.32 Å². The van der Waals surface area contributed by atoms with Crippen LogP contribution in [0.5, 0.6) is 0 Å². The number of anilines is 3. The van der Waals surface area contributed by atoms with E-state index in [0.29, 0.717) is 23.6 Å². The zero-order valence-electron chi connectivity index (χ0n) is 16.5.